The van der Waals surface area contributed by atoms with Crippen molar-refractivity contribution in [3.8, 4) is 5.69 Å². The predicted molar refractivity (Wildman–Crippen MR) is 128 cm³/mol. The molecule has 1 aromatic carbocycles. The number of aromatic amines is 1. The highest BCUT2D eigenvalue weighted by Gasteiger charge is 2.47. The molecule has 0 radical (unpaired) electrons. The first-order chi connectivity index (χ1) is 16.8. The van der Waals surface area contributed by atoms with E-state index in [1.54, 1.807) is 17.0 Å². The molecule has 0 atom stereocenters. The zero-order chi connectivity index (χ0) is 25.3. The minimum Gasteiger partial charge on any atom is -0.383 e. The summed E-state index contributed by atoms with van der Waals surface area (Å²) in [5.41, 5.74) is 2.76. The van der Waals surface area contributed by atoms with E-state index in [0.29, 0.717) is 24.2 Å². The highest BCUT2D eigenvalue weighted by molar-refractivity contribution is 6.44. The van der Waals surface area contributed by atoms with Crippen LogP contribution < -0.4 is 10.1 Å². The molecule has 0 spiro atoms. The Bertz CT molecular complexity index is 1390. The Hall–Kier alpha value is -3.85. The largest absolute Gasteiger partial charge is 0.383 e. The Morgan fingerprint density at radius 1 is 1.03 bits per heavy atom. The minimum absolute atomic E-state index is 0.0462. The molecule has 1 N–H and O–H groups in total. The number of amides is 2. The van der Waals surface area contributed by atoms with Crippen LogP contribution in [-0.4, -0.2) is 46.8 Å². The third-order valence-corrected chi connectivity index (χ3v) is 6.16. The Kier molecular flexibility index (Phi) is 6.79. The summed E-state index contributed by atoms with van der Waals surface area (Å²) in [5.74, 6) is -1.47. The molecule has 0 unspecified atom stereocenters. The number of halogens is 1. The molecule has 9 heteroatoms. The fourth-order valence-electron chi connectivity index (χ4n) is 4.17. The van der Waals surface area contributed by atoms with Crippen LogP contribution >= 0.6 is 0 Å². The predicted octanol–water partition coefficient (Wildman–Crippen LogP) is 2.55. The van der Waals surface area contributed by atoms with E-state index in [-0.39, 0.29) is 30.0 Å². The quantitative estimate of drug-likeness (QED) is 0.397. The molecule has 0 saturated heterocycles. The number of rotatable bonds is 8. The summed E-state index contributed by atoms with van der Waals surface area (Å²) in [4.78, 5) is 41.9. The minimum atomic E-state index is -0.549. The normalized spacial score (nSPS) is 13.9. The Morgan fingerprint density at radius 3 is 2.37 bits per heavy atom. The van der Waals surface area contributed by atoms with E-state index in [4.69, 9.17) is 4.74 Å². The van der Waals surface area contributed by atoms with Crippen molar-refractivity contribution in [3.05, 3.63) is 81.3 Å². The van der Waals surface area contributed by atoms with E-state index < -0.39 is 23.2 Å². The lowest BCUT2D eigenvalue weighted by Crippen LogP contribution is -2.41. The van der Waals surface area contributed by atoms with Gasteiger partial charge >= 0.3 is 5.91 Å². The summed E-state index contributed by atoms with van der Waals surface area (Å²) in [7, 11) is 1.49. The van der Waals surface area contributed by atoms with Crippen LogP contribution in [0.1, 0.15) is 35.7 Å². The summed E-state index contributed by atoms with van der Waals surface area (Å²) in [6.07, 6.45) is 4.67. The molecule has 0 saturated carbocycles. The number of carbonyl (C=O) groups is 2. The number of carbonyl (C=O) groups excluding carboxylic acids is 2. The number of benzene rings is 1. The number of aromatic nitrogens is 3. The zero-order valence-corrected chi connectivity index (χ0v) is 20.2. The Morgan fingerprint density at radius 2 is 1.74 bits per heavy atom. The summed E-state index contributed by atoms with van der Waals surface area (Å²) < 4.78 is 21.5. The van der Waals surface area contributed by atoms with Crippen molar-refractivity contribution < 1.29 is 23.3 Å². The van der Waals surface area contributed by atoms with Gasteiger partial charge in [-0.05, 0) is 50.1 Å². The van der Waals surface area contributed by atoms with Crippen molar-refractivity contribution in [1.82, 2.24) is 14.7 Å². The Labute approximate surface area is 202 Å². The van der Waals surface area contributed by atoms with Gasteiger partial charge in [0.25, 0.3) is 17.2 Å². The van der Waals surface area contributed by atoms with Gasteiger partial charge in [-0.25, -0.2) is 9.07 Å². The van der Waals surface area contributed by atoms with Crippen LogP contribution in [0.5, 0.6) is 0 Å². The van der Waals surface area contributed by atoms with Gasteiger partial charge in [0.05, 0.1) is 24.4 Å². The van der Waals surface area contributed by atoms with Crippen molar-refractivity contribution >= 4 is 23.1 Å². The zero-order valence-electron chi connectivity index (χ0n) is 20.2. The topological polar surface area (TPSA) is 88.3 Å². The maximum atomic E-state index is 13.7. The smallest absolute Gasteiger partial charge is 0.326 e. The highest BCUT2D eigenvalue weighted by Crippen LogP contribution is 2.30. The van der Waals surface area contributed by atoms with Gasteiger partial charge in [0.1, 0.15) is 11.4 Å². The fourth-order valence-corrected chi connectivity index (χ4v) is 4.17. The van der Waals surface area contributed by atoms with Crippen LogP contribution in [0.4, 0.5) is 4.39 Å². The number of hydrogen-bond acceptors (Lipinski definition) is 4. The van der Waals surface area contributed by atoms with Gasteiger partial charge in [-0.15, -0.1) is 0 Å². The number of nitrogens with one attached hydrogen (secondary N) is 1. The van der Waals surface area contributed by atoms with Crippen molar-refractivity contribution in [2.75, 3.05) is 20.3 Å². The number of methoxy groups -OCH3 is 1. The number of H-pyrrole nitrogens is 1. The molecule has 3 heterocycles. The van der Waals surface area contributed by atoms with Crippen molar-refractivity contribution in [2.45, 2.75) is 33.6 Å². The maximum Gasteiger partial charge on any atom is 0.326 e. The van der Waals surface area contributed by atoms with Crippen LogP contribution in [0, 0.1) is 19.7 Å². The van der Waals surface area contributed by atoms with Crippen LogP contribution in [0.15, 0.2) is 47.5 Å². The van der Waals surface area contributed by atoms with Gasteiger partial charge in [-0.3, -0.25) is 24.4 Å². The molecule has 182 valence electrons. The monoisotopic (exact) mass is 479 g/mol. The maximum absolute atomic E-state index is 13.7. The molecule has 3 aromatic rings. The number of imide groups is 1. The van der Waals surface area contributed by atoms with Crippen molar-refractivity contribution in [2.24, 2.45) is 0 Å². The van der Waals surface area contributed by atoms with E-state index in [1.165, 1.54) is 36.1 Å². The fraction of sp³-hybridized carbons (Fsp3) is 0.308. The third kappa shape index (κ3) is 4.35. The number of aryl methyl sites for hydroxylation is 3. The number of nitrogens with zero attached hydrogens (tertiary/aromatic N) is 3. The molecule has 1 aliphatic rings. The Balaban J connectivity index is 1.99. The average molecular weight is 480 g/mol. The molecule has 4 rings (SSSR count). The molecular formula is C26H28FN4O4+. The lowest BCUT2D eigenvalue weighted by molar-refractivity contribution is -0.577. The number of ether oxygens (including phenoxy) is 1. The molecule has 0 aliphatic carbocycles. The van der Waals surface area contributed by atoms with E-state index in [2.05, 4.69) is 5.10 Å². The second-order valence-electron chi connectivity index (χ2n) is 8.53. The molecule has 0 bridgehead atoms. The summed E-state index contributed by atoms with van der Waals surface area (Å²) >= 11 is 0. The number of pyridine rings is 1. The molecule has 35 heavy (non-hydrogen) atoms. The molecule has 8 nitrogen and oxygen atoms in total. The molecule has 2 amide bonds. The second kappa shape index (κ2) is 9.79. The highest BCUT2D eigenvalue weighted by atomic mass is 19.1. The first-order valence-electron chi connectivity index (χ1n) is 11.5. The summed E-state index contributed by atoms with van der Waals surface area (Å²) in [6.45, 7) is 6.05. The average Bonchev–Trinajstić information content (AvgIpc) is 3.27. The van der Waals surface area contributed by atoms with Gasteiger partial charge in [0.15, 0.2) is 12.4 Å². The van der Waals surface area contributed by atoms with Gasteiger partial charge in [-0.2, -0.15) is 4.57 Å². The molecule has 0 fully saturated rings. The second-order valence-corrected chi connectivity index (χ2v) is 8.53. The van der Waals surface area contributed by atoms with Gasteiger partial charge < -0.3 is 4.74 Å². The van der Waals surface area contributed by atoms with Crippen LogP contribution in [-0.2, 0) is 20.7 Å². The summed E-state index contributed by atoms with van der Waals surface area (Å²) in [5, 5.41) is 3.08. The van der Waals surface area contributed by atoms with E-state index in [0.717, 1.165) is 16.0 Å². The van der Waals surface area contributed by atoms with Gasteiger partial charge in [-0.1, -0.05) is 13.3 Å². The first kappa shape index (κ1) is 24.3. The molecular weight excluding hydrogens is 451 g/mol. The lowest BCUT2D eigenvalue weighted by atomic mass is 10.0. The van der Waals surface area contributed by atoms with Crippen molar-refractivity contribution in [1.29, 1.82) is 0 Å². The van der Waals surface area contributed by atoms with E-state index in [9.17, 15) is 18.8 Å². The van der Waals surface area contributed by atoms with Gasteiger partial charge in [0, 0.05) is 24.4 Å². The van der Waals surface area contributed by atoms with Crippen molar-refractivity contribution in [3.63, 3.8) is 0 Å². The van der Waals surface area contributed by atoms with Crippen LogP contribution in [0.2, 0.25) is 0 Å². The van der Waals surface area contributed by atoms with E-state index >= 15 is 0 Å². The first-order valence-corrected chi connectivity index (χ1v) is 11.5. The lowest BCUT2D eigenvalue weighted by Gasteiger charge is -2.12. The molecule has 2 aromatic heterocycles. The van der Waals surface area contributed by atoms with E-state index in [1.807, 2.05) is 26.8 Å². The van der Waals surface area contributed by atoms with Crippen LogP contribution in [0.3, 0.4) is 0 Å². The number of hydrogen-bond donors (Lipinski definition) is 1. The van der Waals surface area contributed by atoms with Gasteiger partial charge in [0.2, 0.25) is 0 Å². The standard InChI is InChI=1S/C26H27FN4O4/c1-5-6-20-21(25(33)31(28-20)19-9-7-18(27)8-10-19)22-23(29-12-11-16(2)17(3)15-29)26(34)30(24(22)32)13-14-35-4/h7-12,15H,5-6,13-14H2,1-4H3/p+1. The van der Waals surface area contributed by atoms with Crippen LogP contribution in [0.25, 0.3) is 17.0 Å². The SMILES string of the molecule is CCCc1[nH]n(-c2ccc(F)cc2)c(=O)c1C1=C([n+]2ccc(C)c(C)c2)C(=O)N(CCOC)C1=O. The molecule has 1 aliphatic heterocycles. The third-order valence-electron chi connectivity index (χ3n) is 6.16. The summed E-state index contributed by atoms with van der Waals surface area (Å²) in [6, 6.07) is 7.33.